The Morgan fingerprint density at radius 3 is 2.50 bits per heavy atom. The number of nitrogens with one attached hydrogen (secondary N) is 1. The maximum atomic E-state index is 11.8. The molecule has 1 N–H and O–H groups in total. The van der Waals surface area contributed by atoms with E-state index in [9.17, 15) is 4.79 Å². The van der Waals surface area contributed by atoms with Crippen molar-refractivity contribution in [2.75, 3.05) is 19.3 Å². The summed E-state index contributed by atoms with van der Waals surface area (Å²) in [6, 6.07) is 0. The van der Waals surface area contributed by atoms with Gasteiger partial charge in [0.2, 0.25) is 5.91 Å². The zero-order valence-corrected chi connectivity index (χ0v) is 11.7. The van der Waals surface area contributed by atoms with E-state index < -0.39 is 0 Å². The molecule has 1 amide bonds. The fourth-order valence-electron chi connectivity index (χ4n) is 2.29. The summed E-state index contributed by atoms with van der Waals surface area (Å²) in [7, 11) is 0. The number of thioether (sulfide) groups is 1. The van der Waals surface area contributed by atoms with Gasteiger partial charge in [-0.3, -0.25) is 10.1 Å². The van der Waals surface area contributed by atoms with E-state index in [1.165, 1.54) is 0 Å². The van der Waals surface area contributed by atoms with Crippen LogP contribution in [0.1, 0.15) is 40.0 Å². The first kappa shape index (κ1) is 13.8. The summed E-state index contributed by atoms with van der Waals surface area (Å²) in [5.41, 5.74) is 0. The van der Waals surface area contributed by atoms with Gasteiger partial charge in [-0.25, -0.2) is 0 Å². The van der Waals surface area contributed by atoms with Gasteiger partial charge < -0.3 is 4.90 Å². The summed E-state index contributed by atoms with van der Waals surface area (Å²) in [5.74, 6) is 0.257. The Balaban J connectivity index is 2.72. The average molecular weight is 244 g/mol. The van der Waals surface area contributed by atoms with Crippen LogP contribution in [0.2, 0.25) is 0 Å². The molecule has 1 atom stereocenters. The fraction of sp³-hybridized carbons (Fsp3) is 0.917. The minimum absolute atomic E-state index is 0.231. The topological polar surface area (TPSA) is 32.3 Å². The molecule has 4 heteroatoms. The molecule has 1 fully saturated rings. The Labute approximate surface area is 103 Å². The van der Waals surface area contributed by atoms with Crippen molar-refractivity contribution in [2.45, 2.75) is 50.9 Å². The Morgan fingerprint density at radius 2 is 2.06 bits per heavy atom. The molecule has 3 nitrogen and oxygen atoms in total. The molecule has 1 saturated heterocycles. The van der Waals surface area contributed by atoms with E-state index in [4.69, 9.17) is 0 Å². The first-order chi connectivity index (χ1) is 7.62. The summed E-state index contributed by atoms with van der Waals surface area (Å²) in [4.78, 5) is 13.9. The van der Waals surface area contributed by atoms with Gasteiger partial charge >= 0.3 is 0 Å². The lowest BCUT2D eigenvalue weighted by atomic mass is 10.0. The lowest BCUT2D eigenvalue weighted by molar-refractivity contribution is -0.128. The largest absolute Gasteiger partial charge is 0.325 e. The highest BCUT2D eigenvalue weighted by atomic mass is 32.2. The lowest BCUT2D eigenvalue weighted by Gasteiger charge is -2.36. The fourth-order valence-corrected chi connectivity index (χ4v) is 3.14. The molecule has 0 aromatic carbocycles. The number of carbonyl (C=O) groups is 1. The van der Waals surface area contributed by atoms with Crippen molar-refractivity contribution in [3.63, 3.8) is 0 Å². The van der Waals surface area contributed by atoms with Gasteiger partial charge in [-0.1, -0.05) is 20.8 Å². The molecule has 0 aromatic rings. The minimum atomic E-state index is 0.231. The molecule has 0 bridgehead atoms. The van der Waals surface area contributed by atoms with Gasteiger partial charge in [0.05, 0.1) is 12.7 Å². The molecule has 1 aliphatic rings. The van der Waals surface area contributed by atoms with Gasteiger partial charge in [0.1, 0.15) is 0 Å². The van der Waals surface area contributed by atoms with Crippen LogP contribution in [0.15, 0.2) is 0 Å². The highest BCUT2D eigenvalue weighted by Crippen LogP contribution is 2.32. The standard InChI is InChI=1S/C12H24N2OS/c1-5-10-13-8-11(15)14(10)9-12(6-2,7-3)16-4/h10,13H,5-9H2,1-4H3. The van der Waals surface area contributed by atoms with E-state index in [0.29, 0.717) is 6.54 Å². The number of hydrogen-bond acceptors (Lipinski definition) is 3. The van der Waals surface area contributed by atoms with Gasteiger partial charge in [0, 0.05) is 11.3 Å². The molecule has 0 aliphatic carbocycles. The summed E-state index contributed by atoms with van der Waals surface area (Å²) >= 11 is 1.90. The SMILES string of the molecule is CCC1NCC(=O)N1CC(CC)(CC)SC. The molecule has 0 aromatic heterocycles. The maximum absolute atomic E-state index is 11.8. The molecule has 16 heavy (non-hydrogen) atoms. The normalized spacial score (nSPS) is 21.9. The smallest absolute Gasteiger partial charge is 0.237 e. The van der Waals surface area contributed by atoms with Crippen LogP contribution < -0.4 is 5.32 Å². The van der Waals surface area contributed by atoms with E-state index in [1.54, 1.807) is 0 Å². The van der Waals surface area contributed by atoms with E-state index in [-0.39, 0.29) is 16.8 Å². The van der Waals surface area contributed by atoms with Crippen LogP contribution in [0, 0.1) is 0 Å². The third kappa shape index (κ3) is 2.72. The molecule has 0 radical (unpaired) electrons. The second-order valence-electron chi connectivity index (χ2n) is 4.42. The Morgan fingerprint density at radius 1 is 1.44 bits per heavy atom. The van der Waals surface area contributed by atoms with Gasteiger partial charge in [-0.05, 0) is 25.5 Å². The van der Waals surface area contributed by atoms with Crippen LogP contribution in [0.5, 0.6) is 0 Å². The van der Waals surface area contributed by atoms with Crippen LogP contribution in [0.25, 0.3) is 0 Å². The van der Waals surface area contributed by atoms with Crippen LogP contribution in [-0.4, -0.2) is 41.1 Å². The summed E-state index contributed by atoms with van der Waals surface area (Å²) in [6.45, 7) is 7.95. The van der Waals surface area contributed by atoms with Crippen LogP contribution in [-0.2, 0) is 4.79 Å². The van der Waals surface area contributed by atoms with Gasteiger partial charge in [-0.2, -0.15) is 11.8 Å². The van der Waals surface area contributed by atoms with Crippen LogP contribution in [0.4, 0.5) is 0 Å². The predicted molar refractivity (Wildman–Crippen MR) is 70.6 cm³/mol. The molecule has 0 spiro atoms. The summed E-state index contributed by atoms with van der Waals surface area (Å²) in [6.07, 6.45) is 5.62. The molecule has 1 rings (SSSR count). The monoisotopic (exact) mass is 244 g/mol. The van der Waals surface area contributed by atoms with E-state index >= 15 is 0 Å². The number of hydrogen-bond donors (Lipinski definition) is 1. The molecule has 1 heterocycles. The van der Waals surface area contributed by atoms with Crippen molar-refractivity contribution in [3.05, 3.63) is 0 Å². The molecular weight excluding hydrogens is 220 g/mol. The van der Waals surface area contributed by atoms with Gasteiger partial charge in [0.15, 0.2) is 0 Å². The zero-order chi connectivity index (χ0) is 12.2. The number of carbonyl (C=O) groups excluding carboxylic acids is 1. The first-order valence-corrected chi connectivity index (χ1v) is 7.43. The van der Waals surface area contributed by atoms with Crippen molar-refractivity contribution in [1.82, 2.24) is 10.2 Å². The Hall–Kier alpha value is -0.220. The van der Waals surface area contributed by atoms with Crippen LogP contribution in [0.3, 0.4) is 0 Å². The number of rotatable bonds is 6. The zero-order valence-electron chi connectivity index (χ0n) is 10.9. The van der Waals surface area contributed by atoms with Gasteiger partial charge in [0.25, 0.3) is 0 Å². The van der Waals surface area contributed by atoms with Crippen molar-refractivity contribution >= 4 is 17.7 Å². The lowest BCUT2D eigenvalue weighted by Crippen LogP contribution is -2.46. The third-order valence-corrected chi connectivity index (χ3v) is 5.32. The van der Waals surface area contributed by atoms with Crippen molar-refractivity contribution in [2.24, 2.45) is 0 Å². The molecule has 0 saturated carbocycles. The second kappa shape index (κ2) is 5.92. The number of nitrogens with zero attached hydrogens (tertiary/aromatic N) is 1. The van der Waals surface area contributed by atoms with Crippen molar-refractivity contribution in [1.29, 1.82) is 0 Å². The van der Waals surface area contributed by atoms with E-state index in [1.807, 2.05) is 16.7 Å². The Kier molecular flexibility index (Phi) is 5.12. The van der Waals surface area contributed by atoms with E-state index in [0.717, 1.165) is 25.8 Å². The quantitative estimate of drug-likeness (QED) is 0.776. The van der Waals surface area contributed by atoms with Crippen molar-refractivity contribution < 1.29 is 4.79 Å². The highest BCUT2D eigenvalue weighted by Gasteiger charge is 2.36. The number of amides is 1. The molecule has 1 aliphatic heterocycles. The second-order valence-corrected chi connectivity index (χ2v) is 5.70. The van der Waals surface area contributed by atoms with Crippen molar-refractivity contribution in [3.8, 4) is 0 Å². The third-order valence-electron chi connectivity index (χ3n) is 3.75. The maximum Gasteiger partial charge on any atom is 0.237 e. The Bertz CT molecular complexity index is 233. The minimum Gasteiger partial charge on any atom is -0.325 e. The summed E-state index contributed by atoms with van der Waals surface area (Å²) < 4.78 is 0.231. The average Bonchev–Trinajstić information content (AvgIpc) is 2.67. The molecular formula is C12H24N2OS. The first-order valence-electron chi connectivity index (χ1n) is 6.20. The van der Waals surface area contributed by atoms with Crippen LogP contribution >= 0.6 is 11.8 Å². The molecule has 1 unspecified atom stereocenters. The van der Waals surface area contributed by atoms with Gasteiger partial charge in [-0.15, -0.1) is 0 Å². The molecule has 94 valence electrons. The summed E-state index contributed by atoms with van der Waals surface area (Å²) in [5, 5.41) is 3.27. The van der Waals surface area contributed by atoms with E-state index in [2.05, 4.69) is 32.3 Å². The highest BCUT2D eigenvalue weighted by molar-refractivity contribution is 8.00. The predicted octanol–water partition coefficient (Wildman–Crippen LogP) is 2.08.